The molecule has 0 unspecified atom stereocenters. The summed E-state index contributed by atoms with van der Waals surface area (Å²) in [7, 11) is 0. The maximum Gasteiger partial charge on any atom is 0.230 e. The van der Waals surface area contributed by atoms with Crippen LogP contribution in [0.2, 0.25) is 0 Å². The highest BCUT2D eigenvalue weighted by Gasteiger charge is 2.36. The van der Waals surface area contributed by atoms with Gasteiger partial charge in [0.1, 0.15) is 0 Å². The third-order valence-corrected chi connectivity index (χ3v) is 3.46. The number of amides is 1. The van der Waals surface area contributed by atoms with Gasteiger partial charge in [0.2, 0.25) is 5.91 Å². The van der Waals surface area contributed by atoms with Crippen molar-refractivity contribution >= 4 is 17.3 Å². The second-order valence-corrected chi connectivity index (χ2v) is 4.81. The van der Waals surface area contributed by atoms with E-state index in [1.807, 2.05) is 25.1 Å². The quantitative estimate of drug-likeness (QED) is 0.750. The molecule has 0 heterocycles. The first kappa shape index (κ1) is 11.0. The Hall–Kier alpha value is -1.51. The highest BCUT2D eigenvalue weighted by atomic mass is 16.2. The van der Waals surface area contributed by atoms with Gasteiger partial charge in [-0.1, -0.05) is 31.9 Å². The molecule has 0 spiro atoms. The molecule has 1 amide bonds. The second-order valence-electron chi connectivity index (χ2n) is 4.81. The third kappa shape index (κ3) is 2.03. The second kappa shape index (κ2) is 4.16. The van der Waals surface area contributed by atoms with E-state index >= 15 is 0 Å². The van der Waals surface area contributed by atoms with Crippen molar-refractivity contribution in [1.82, 2.24) is 0 Å². The topological polar surface area (TPSA) is 55.1 Å². The Morgan fingerprint density at radius 3 is 2.56 bits per heavy atom. The molecule has 1 fully saturated rings. The lowest BCUT2D eigenvalue weighted by Gasteiger charge is -2.22. The summed E-state index contributed by atoms with van der Waals surface area (Å²) < 4.78 is 0. The van der Waals surface area contributed by atoms with Gasteiger partial charge in [0.15, 0.2) is 0 Å². The van der Waals surface area contributed by atoms with Crippen LogP contribution in [0.15, 0.2) is 24.3 Å². The van der Waals surface area contributed by atoms with E-state index in [4.69, 9.17) is 5.73 Å². The van der Waals surface area contributed by atoms with E-state index < -0.39 is 0 Å². The molecule has 2 rings (SSSR count). The largest absolute Gasteiger partial charge is 0.397 e. The third-order valence-electron chi connectivity index (χ3n) is 3.46. The number of anilines is 2. The summed E-state index contributed by atoms with van der Waals surface area (Å²) >= 11 is 0. The number of carbonyl (C=O) groups is 1. The fourth-order valence-corrected chi connectivity index (χ4v) is 2.27. The predicted molar refractivity (Wildman–Crippen MR) is 66.1 cm³/mol. The smallest absolute Gasteiger partial charge is 0.230 e. The molecule has 3 nitrogen and oxygen atoms in total. The molecule has 0 aliphatic heterocycles. The van der Waals surface area contributed by atoms with Crippen LogP contribution in [0, 0.1) is 5.41 Å². The van der Waals surface area contributed by atoms with Gasteiger partial charge in [-0.15, -0.1) is 0 Å². The van der Waals surface area contributed by atoms with Gasteiger partial charge >= 0.3 is 0 Å². The summed E-state index contributed by atoms with van der Waals surface area (Å²) in [5.41, 5.74) is 6.94. The minimum absolute atomic E-state index is 0.0999. The Morgan fingerprint density at radius 1 is 1.31 bits per heavy atom. The fraction of sp³-hybridized carbons (Fsp3) is 0.462. The van der Waals surface area contributed by atoms with Crippen molar-refractivity contribution in [3.63, 3.8) is 0 Å². The van der Waals surface area contributed by atoms with Crippen molar-refractivity contribution in [2.45, 2.75) is 32.6 Å². The number of nitrogens with one attached hydrogen (secondary N) is 1. The van der Waals surface area contributed by atoms with Crippen molar-refractivity contribution in [3.05, 3.63) is 24.3 Å². The number of hydrogen-bond acceptors (Lipinski definition) is 2. The van der Waals surface area contributed by atoms with Crippen LogP contribution >= 0.6 is 0 Å². The molecule has 0 radical (unpaired) electrons. The van der Waals surface area contributed by atoms with Crippen LogP contribution in [0.4, 0.5) is 11.4 Å². The van der Waals surface area contributed by atoms with Gasteiger partial charge in [-0.05, 0) is 25.0 Å². The number of nitrogen functional groups attached to an aromatic ring is 1. The van der Waals surface area contributed by atoms with E-state index in [2.05, 4.69) is 5.32 Å². The van der Waals surface area contributed by atoms with Crippen molar-refractivity contribution in [1.29, 1.82) is 0 Å². The summed E-state index contributed by atoms with van der Waals surface area (Å²) in [4.78, 5) is 12.1. The van der Waals surface area contributed by atoms with E-state index in [-0.39, 0.29) is 11.3 Å². The van der Waals surface area contributed by atoms with Gasteiger partial charge in [-0.25, -0.2) is 0 Å². The average Bonchev–Trinajstić information content (AvgIpc) is 2.70. The zero-order valence-corrected chi connectivity index (χ0v) is 9.62. The van der Waals surface area contributed by atoms with Gasteiger partial charge in [-0.2, -0.15) is 0 Å². The zero-order valence-electron chi connectivity index (χ0n) is 9.62. The molecule has 0 aromatic heterocycles. The van der Waals surface area contributed by atoms with Crippen molar-refractivity contribution in [2.24, 2.45) is 5.41 Å². The molecule has 1 aromatic carbocycles. The molecule has 0 saturated heterocycles. The SMILES string of the molecule is CC1(C(=O)Nc2ccccc2N)CCCC1. The van der Waals surface area contributed by atoms with Crippen molar-refractivity contribution in [2.75, 3.05) is 11.1 Å². The number of benzene rings is 1. The van der Waals surface area contributed by atoms with Gasteiger partial charge in [0, 0.05) is 5.41 Å². The van der Waals surface area contributed by atoms with Crippen LogP contribution in [-0.2, 0) is 4.79 Å². The van der Waals surface area contributed by atoms with Crippen LogP contribution in [0.1, 0.15) is 32.6 Å². The summed E-state index contributed by atoms with van der Waals surface area (Å²) in [6.07, 6.45) is 4.25. The lowest BCUT2D eigenvalue weighted by atomic mass is 9.88. The lowest BCUT2D eigenvalue weighted by Crippen LogP contribution is -2.31. The van der Waals surface area contributed by atoms with Crippen LogP contribution in [0.5, 0.6) is 0 Å². The molecule has 1 aromatic rings. The standard InChI is InChI=1S/C13H18N2O/c1-13(8-4-5-9-13)12(16)15-11-7-3-2-6-10(11)14/h2-3,6-7H,4-5,8-9,14H2,1H3,(H,15,16). The van der Waals surface area contributed by atoms with E-state index in [1.54, 1.807) is 6.07 Å². The van der Waals surface area contributed by atoms with E-state index in [0.29, 0.717) is 5.69 Å². The summed E-state index contributed by atoms with van der Waals surface area (Å²) in [5, 5.41) is 2.93. The molecule has 0 bridgehead atoms. The fourth-order valence-electron chi connectivity index (χ4n) is 2.27. The number of hydrogen-bond donors (Lipinski definition) is 2. The molecule has 3 heteroatoms. The van der Waals surface area contributed by atoms with Gasteiger partial charge in [0.25, 0.3) is 0 Å². The van der Waals surface area contributed by atoms with Crippen molar-refractivity contribution < 1.29 is 4.79 Å². The van der Waals surface area contributed by atoms with E-state index in [9.17, 15) is 4.79 Å². The van der Waals surface area contributed by atoms with E-state index in [1.165, 1.54) is 0 Å². The number of para-hydroxylation sites is 2. The van der Waals surface area contributed by atoms with Crippen LogP contribution < -0.4 is 11.1 Å². The van der Waals surface area contributed by atoms with Crippen molar-refractivity contribution in [3.8, 4) is 0 Å². The molecule has 3 N–H and O–H groups in total. The number of rotatable bonds is 2. The lowest BCUT2D eigenvalue weighted by molar-refractivity contribution is -0.124. The first-order valence-corrected chi connectivity index (χ1v) is 5.78. The monoisotopic (exact) mass is 218 g/mol. The minimum atomic E-state index is -0.206. The number of carbonyl (C=O) groups excluding carboxylic acids is 1. The van der Waals surface area contributed by atoms with Crippen LogP contribution in [-0.4, -0.2) is 5.91 Å². The Kier molecular flexibility index (Phi) is 2.86. The molecule has 0 atom stereocenters. The first-order chi connectivity index (χ1) is 7.62. The molecular weight excluding hydrogens is 200 g/mol. The predicted octanol–water partition coefficient (Wildman–Crippen LogP) is 2.79. The molecule has 1 aliphatic carbocycles. The molecule has 1 aliphatic rings. The molecule has 16 heavy (non-hydrogen) atoms. The Morgan fingerprint density at radius 2 is 1.94 bits per heavy atom. The first-order valence-electron chi connectivity index (χ1n) is 5.78. The highest BCUT2D eigenvalue weighted by molar-refractivity contribution is 5.97. The van der Waals surface area contributed by atoms with Gasteiger partial charge in [-0.3, -0.25) is 4.79 Å². The minimum Gasteiger partial charge on any atom is -0.397 e. The zero-order chi connectivity index (χ0) is 11.6. The maximum absolute atomic E-state index is 12.1. The average molecular weight is 218 g/mol. The molecule has 86 valence electrons. The maximum atomic E-state index is 12.1. The van der Waals surface area contributed by atoms with Gasteiger partial charge < -0.3 is 11.1 Å². The number of nitrogens with two attached hydrogens (primary N) is 1. The Bertz CT molecular complexity index is 395. The molecule has 1 saturated carbocycles. The Balaban J connectivity index is 2.10. The Labute approximate surface area is 96.0 Å². The van der Waals surface area contributed by atoms with Gasteiger partial charge in [0.05, 0.1) is 11.4 Å². The normalized spacial score (nSPS) is 18.3. The summed E-state index contributed by atoms with van der Waals surface area (Å²) in [6, 6.07) is 7.38. The summed E-state index contributed by atoms with van der Waals surface area (Å²) in [6.45, 7) is 2.04. The highest BCUT2D eigenvalue weighted by Crippen LogP contribution is 2.38. The van der Waals surface area contributed by atoms with Crippen LogP contribution in [0.3, 0.4) is 0 Å². The van der Waals surface area contributed by atoms with E-state index in [0.717, 1.165) is 31.4 Å². The summed E-state index contributed by atoms with van der Waals surface area (Å²) in [5.74, 6) is 0.0999. The van der Waals surface area contributed by atoms with Crippen LogP contribution in [0.25, 0.3) is 0 Å². The molecular formula is C13H18N2O.